The number of hydrogen-bond acceptors (Lipinski definition) is 2. The molecule has 1 aliphatic carbocycles. The number of nitrogens with one attached hydrogen (secondary N) is 1. The van der Waals surface area contributed by atoms with Crippen molar-refractivity contribution in [3.63, 3.8) is 0 Å². The van der Waals surface area contributed by atoms with Gasteiger partial charge in [0.15, 0.2) is 5.78 Å². The van der Waals surface area contributed by atoms with E-state index in [-0.39, 0.29) is 11.8 Å². The monoisotopic (exact) mass is 273 g/mol. The van der Waals surface area contributed by atoms with E-state index in [1.165, 1.54) is 37.7 Å². The van der Waals surface area contributed by atoms with Crippen LogP contribution in [0, 0.1) is 0 Å². The first-order chi connectivity index (χ1) is 9.58. The van der Waals surface area contributed by atoms with Crippen molar-refractivity contribution < 1.29 is 4.79 Å². The summed E-state index contributed by atoms with van der Waals surface area (Å²) in [6.07, 6.45) is 6.36. The van der Waals surface area contributed by atoms with Crippen LogP contribution in [0.3, 0.4) is 0 Å². The molecule has 2 rings (SSSR count). The Labute approximate surface area is 123 Å². The average Bonchev–Trinajstić information content (AvgIpc) is 2.47. The van der Waals surface area contributed by atoms with Crippen molar-refractivity contribution in [3.8, 4) is 0 Å². The van der Waals surface area contributed by atoms with Gasteiger partial charge in [0.2, 0.25) is 0 Å². The van der Waals surface area contributed by atoms with Crippen LogP contribution < -0.4 is 5.32 Å². The molecule has 1 unspecified atom stereocenters. The molecule has 0 bridgehead atoms. The number of benzene rings is 1. The average molecular weight is 273 g/mol. The summed E-state index contributed by atoms with van der Waals surface area (Å²) in [6, 6.07) is 8.53. The van der Waals surface area contributed by atoms with Gasteiger partial charge < -0.3 is 5.32 Å². The van der Waals surface area contributed by atoms with Crippen molar-refractivity contribution in [1.29, 1.82) is 0 Å². The quantitative estimate of drug-likeness (QED) is 0.810. The Morgan fingerprint density at radius 3 is 2.20 bits per heavy atom. The molecule has 1 N–H and O–H groups in total. The molecular formula is C18H27NO. The number of carbonyl (C=O) groups excluding carboxylic acids is 1. The zero-order valence-electron chi connectivity index (χ0n) is 13.0. The van der Waals surface area contributed by atoms with Crippen LogP contribution in [0.15, 0.2) is 24.3 Å². The second kappa shape index (κ2) is 7.03. The Bertz CT molecular complexity index is 429. The number of Topliss-reactive ketones (excluding diaryl/α,β-unsaturated/α-hetero) is 1. The Kier molecular flexibility index (Phi) is 5.36. The summed E-state index contributed by atoms with van der Waals surface area (Å²) in [6.45, 7) is 6.33. The predicted molar refractivity (Wildman–Crippen MR) is 84.3 cm³/mol. The van der Waals surface area contributed by atoms with Crippen LogP contribution in [-0.4, -0.2) is 17.9 Å². The van der Waals surface area contributed by atoms with Crippen LogP contribution in [0.4, 0.5) is 0 Å². The molecule has 0 aromatic heterocycles. The van der Waals surface area contributed by atoms with Gasteiger partial charge in [0.05, 0.1) is 6.04 Å². The van der Waals surface area contributed by atoms with E-state index in [2.05, 4.69) is 31.3 Å². The lowest BCUT2D eigenvalue weighted by atomic mass is 9.93. The molecule has 0 aliphatic heterocycles. The molecule has 1 aliphatic rings. The molecule has 0 spiro atoms. The fourth-order valence-corrected chi connectivity index (χ4v) is 2.98. The highest BCUT2D eigenvalue weighted by atomic mass is 16.1. The van der Waals surface area contributed by atoms with Crippen molar-refractivity contribution >= 4 is 5.78 Å². The second-order valence-corrected chi connectivity index (χ2v) is 6.36. The third kappa shape index (κ3) is 3.92. The van der Waals surface area contributed by atoms with Crippen LogP contribution in [0.25, 0.3) is 0 Å². The maximum absolute atomic E-state index is 12.4. The van der Waals surface area contributed by atoms with Gasteiger partial charge in [-0.2, -0.15) is 0 Å². The molecule has 0 amide bonds. The van der Waals surface area contributed by atoms with E-state index in [0.29, 0.717) is 12.0 Å². The van der Waals surface area contributed by atoms with E-state index in [9.17, 15) is 4.79 Å². The van der Waals surface area contributed by atoms with Gasteiger partial charge in [0.1, 0.15) is 0 Å². The highest BCUT2D eigenvalue weighted by Crippen LogP contribution is 2.19. The normalized spacial score (nSPS) is 18.2. The largest absolute Gasteiger partial charge is 0.305 e. The summed E-state index contributed by atoms with van der Waals surface area (Å²) in [5, 5.41) is 3.50. The maximum atomic E-state index is 12.4. The van der Waals surface area contributed by atoms with E-state index in [4.69, 9.17) is 0 Å². The fraction of sp³-hybridized carbons (Fsp3) is 0.611. The minimum atomic E-state index is -0.0806. The third-order valence-electron chi connectivity index (χ3n) is 4.35. The number of ketones is 1. The Hall–Kier alpha value is -1.15. The summed E-state index contributed by atoms with van der Waals surface area (Å²) in [4.78, 5) is 12.4. The van der Waals surface area contributed by atoms with Crippen molar-refractivity contribution in [2.75, 3.05) is 0 Å². The molecule has 1 atom stereocenters. The molecule has 1 aromatic carbocycles. The van der Waals surface area contributed by atoms with E-state index >= 15 is 0 Å². The molecule has 0 radical (unpaired) electrons. The van der Waals surface area contributed by atoms with Crippen molar-refractivity contribution in [3.05, 3.63) is 35.4 Å². The van der Waals surface area contributed by atoms with E-state index in [1.54, 1.807) is 0 Å². The zero-order valence-corrected chi connectivity index (χ0v) is 13.0. The van der Waals surface area contributed by atoms with Crippen LogP contribution in [0.1, 0.15) is 74.7 Å². The number of rotatable bonds is 5. The lowest BCUT2D eigenvalue weighted by molar-refractivity contribution is 0.0940. The molecule has 0 heterocycles. The number of hydrogen-bond donors (Lipinski definition) is 1. The van der Waals surface area contributed by atoms with Gasteiger partial charge in [-0.15, -0.1) is 0 Å². The molecule has 0 saturated heterocycles. The maximum Gasteiger partial charge on any atom is 0.179 e. The minimum absolute atomic E-state index is 0.0806. The highest BCUT2D eigenvalue weighted by Gasteiger charge is 2.20. The van der Waals surface area contributed by atoms with Crippen molar-refractivity contribution in [1.82, 2.24) is 5.32 Å². The first-order valence-corrected chi connectivity index (χ1v) is 7.98. The SMILES string of the molecule is CC(NC1CCCCC1)C(=O)c1ccc(C(C)C)cc1. The predicted octanol–water partition coefficient (Wildman–Crippen LogP) is 4.30. The Balaban J connectivity index is 1.95. The van der Waals surface area contributed by atoms with E-state index in [1.807, 2.05) is 19.1 Å². The zero-order chi connectivity index (χ0) is 14.5. The summed E-state index contributed by atoms with van der Waals surface area (Å²) in [7, 11) is 0. The van der Waals surface area contributed by atoms with Gasteiger partial charge in [-0.25, -0.2) is 0 Å². The van der Waals surface area contributed by atoms with Crippen LogP contribution >= 0.6 is 0 Å². The summed E-state index contributed by atoms with van der Waals surface area (Å²) in [5.74, 6) is 0.725. The van der Waals surface area contributed by atoms with Crippen molar-refractivity contribution in [2.45, 2.75) is 70.9 Å². The van der Waals surface area contributed by atoms with Crippen LogP contribution in [0.5, 0.6) is 0 Å². The van der Waals surface area contributed by atoms with Crippen LogP contribution in [-0.2, 0) is 0 Å². The van der Waals surface area contributed by atoms with Gasteiger partial charge in [-0.1, -0.05) is 57.4 Å². The number of carbonyl (C=O) groups is 1. The molecule has 1 aromatic rings. The lowest BCUT2D eigenvalue weighted by Gasteiger charge is -2.26. The lowest BCUT2D eigenvalue weighted by Crippen LogP contribution is -2.42. The Morgan fingerprint density at radius 2 is 1.65 bits per heavy atom. The molecule has 1 saturated carbocycles. The summed E-state index contributed by atoms with van der Waals surface area (Å²) >= 11 is 0. The van der Waals surface area contributed by atoms with Gasteiger partial charge in [0.25, 0.3) is 0 Å². The summed E-state index contributed by atoms with van der Waals surface area (Å²) in [5.41, 5.74) is 2.11. The molecule has 2 nitrogen and oxygen atoms in total. The Morgan fingerprint density at radius 1 is 1.05 bits per heavy atom. The van der Waals surface area contributed by atoms with Crippen LogP contribution in [0.2, 0.25) is 0 Å². The first kappa shape index (κ1) is 15.2. The standard InChI is InChI=1S/C18H27NO/c1-13(2)15-9-11-16(12-10-15)18(20)14(3)19-17-7-5-4-6-8-17/h9-14,17,19H,4-8H2,1-3H3. The second-order valence-electron chi connectivity index (χ2n) is 6.36. The molecule has 20 heavy (non-hydrogen) atoms. The highest BCUT2D eigenvalue weighted by molar-refractivity contribution is 5.99. The molecule has 110 valence electrons. The topological polar surface area (TPSA) is 29.1 Å². The van der Waals surface area contributed by atoms with Gasteiger partial charge in [-0.3, -0.25) is 4.79 Å². The summed E-state index contributed by atoms with van der Waals surface area (Å²) < 4.78 is 0. The third-order valence-corrected chi connectivity index (χ3v) is 4.35. The fourth-order valence-electron chi connectivity index (χ4n) is 2.98. The smallest absolute Gasteiger partial charge is 0.179 e. The molecular weight excluding hydrogens is 246 g/mol. The van der Waals surface area contributed by atoms with Gasteiger partial charge in [0, 0.05) is 11.6 Å². The molecule has 2 heteroatoms. The van der Waals surface area contributed by atoms with E-state index < -0.39 is 0 Å². The van der Waals surface area contributed by atoms with Crippen molar-refractivity contribution in [2.24, 2.45) is 0 Å². The minimum Gasteiger partial charge on any atom is -0.305 e. The first-order valence-electron chi connectivity index (χ1n) is 7.98. The van der Waals surface area contributed by atoms with E-state index in [0.717, 1.165) is 5.56 Å². The van der Waals surface area contributed by atoms with Gasteiger partial charge >= 0.3 is 0 Å². The van der Waals surface area contributed by atoms with Gasteiger partial charge in [-0.05, 0) is 31.2 Å². The molecule has 1 fully saturated rings.